The van der Waals surface area contributed by atoms with Crippen LogP contribution in [0, 0.1) is 6.92 Å². The Bertz CT molecular complexity index is 938. The summed E-state index contributed by atoms with van der Waals surface area (Å²) in [4.78, 5) is 28.0. The van der Waals surface area contributed by atoms with Crippen LogP contribution in [0.25, 0.3) is 10.9 Å². The number of hydrogen-bond acceptors (Lipinski definition) is 4. The van der Waals surface area contributed by atoms with Crippen molar-refractivity contribution in [3.8, 4) is 0 Å². The van der Waals surface area contributed by atoms with E-state index in [1.807, 2.05) is 45.0 Å². The van der Waals surface area contributed by atoms with E-state index in [4.69, 9.17) is 0 Å². The highest BCUT2D eigenvalue weighted by Crippen LogP contribution is 2.28. The fraction of sp³-hybridized carbons (Fsp3) is 0.353. The van der Waals surface area contributed by atoms with Gasteiger partial charge in [0.2, 0.25) is 0 Å². The summed E-state index contributed by atoms with van der Waals surface area (Å²) >= 11 is 1.31. The highest BCUT2D eigenvalue weighted by Gasteiger charge is 2.24. The number of thioether (sulfide) groups is 1. The Kier molecular flexibility index (Phi) is 4.62. The van der Waals surface area contributed by atoms with Gasteiger partial charge in [-0.25, -0.2) is 9.89 Å². The van der Waals surface area contributed by atoms with Crippen LogP contribution >= 0.6 is 11.8 Å². The van der Waals surface area contributed by atoms with Crippen molar-refractivity contribution in [2.24, 2.45) is 0 Å². The van der Waals surface area contributed by atoms with Crippen molar-refractivity contribution in [2.45, 2.75) is 44.1 Å². The Morgan fingerprint density at radius 1 is 1.38 bits per heavy atom. The summed E-state index contributed by atoms with van der Waals surface area (Å²) in [5.74, 6) is 0.0356. The average Bonchev–Trinajstić information content (AvgIpc) is 3.07. The molecule has 3 aromatic rings. The van der Waals surface area contributed by atoms with Crippen molar-refractivity contribution in [3.05, 3.63) is 46.0 Å². The van der Waals surface area contributed by atoms with Gasteiger partial charge < -0.3 is 4.98 Å². The lowest BCUT2D eigenvalue weighted by molar-refractivity contribution is 0.0995. The fourth-order valence-electron chi connectivity index (χ4n) is 2.82. The number of aromatic nitrogens is 4. The largest absolute Gasteiger partial charge is 0.358 e. The fourth-order valence-corrected chi connectivity index (χ4v) is 3.76. The van der Waals surface area contributed by atoms with Gasteiger partial charge in [0.05, 0.1) is 5.25 Å². The molecule has 6 nitrogen and oxygen atoms in total. The van der Waals surface area contributed by atoms with E-state index in [1.165, 1.54) is 11.8 Å². The van der Waals surface area contributed by atoms with E-state index in [0.717, 1.165) is 23.0 Å². The number of nitrogens with one attached hydrogen (secondary N) is 2. The summed E-state index contributed by atoms with van der Waals surface area (Å²) in [5.41, 5.74) is 2.30. The molecule has 0 aliphatic heterocycles. The maximum atomic E-state index is 13.0. The predicted molar refractivity (Wildman–Crippen MR) is 95.8 cm³/mol. The van der Waals surface area contributed by atoms with E-state index < -0.39 is 0 Å². The van der Waals surface area contributed by atoms with Gasteiger partial charge in [0, 0.05) is 28.7 Å². The molecule has 0 radical (unpaired) electrons. The summed E-state index contributed by atoms with van der Waals surface area (Å²) in [6.45, 7) is 6.35. The van der Waals surface area contributed by atoms with E-state index in [-0.39, 0.29) is 16.7 Å². The normalized spacial score (nSPS) is 12.6. The summed E-state index contributed by atoms with van der Waals surface area (Å²) in [7, 11) is 0. The molecule has 0 fully saturated rings. The first kappa shape index (κ1) is 16.6. The van der Waals surface area contributed by atoms with Gasteiger partial charge in [-0.2, -0.15) is 0 Å². The lowest BCUT2D eigenvalue weighted by atomic mass is 10.1. The second kappa shape index (κ2) is 6.68. The van der Waals surface area contributed by atoms with Crippen LogP contribution in [-0.2, 0) is 6.54 Å². The van der Waals surface area contributed by atoms with E-state index in [0.29, 0.717) is 17.3 Å². The zero-order valence-corrected chi connectivity index (χ0v) is 14.7. The number of H-pyrrole nitrogens is 2. The molecular formula is C17H20N4O2S. The molecule has 126 valence electrons. The Morgan fingerprint density at radius 3 is 2.88 bits per heavy atom. The lowest BCUT2D eigenvalue weighted by Gasteiger charge is -2.10. The molecule has 0 saturated carbocycles. The molecule has 2 heterocycles. The van der Waals surface area contributed by atoms with E-state index in [1.54, 1.807) is 4.57 Å². The number of hydrogen-bond donors (Lipinski definition) is 2. The minimum absolute atomic E-state index is 0.0356. The first-order chi connectivity index (χ1) is 11.5. The Hall–Kier alpha value is -2.28. The van der Waals surface area contributed by atoms with Crippen LogP contribution in [0.3, 0.4) is 0 Å². The number of aryl methyl sites for hydroxylation is 1. The van der Waals surface area contributed by atoms with Crippen LogP contribution in [-0.4, -0.2) is 30.8 Å². The highest BCUT2D eigenvalue weighted by atomic mass is 32.2. The van der Waals surface area contributed by atoms with Gasteiger partial charge in [0.1, 0.15) is 0 Å². The van der Waals surface area contributed by atoms with Crippen molar-refractivity contribution in [1.29, 1.82) is 0 Å². The van der Waals surface area contributed by atoms with Crippen LogP contribution in [0.4, 0.5) is 0 Å². The van der Waals surface area contributed by atoms with Gasteiger partial charge in [0.15, 0.2) is 10.9 Å². The van der Waals surface area contributed by atoms with E-state index in [2.05, 4.69) is 15.2 Å². The van der Waals surface area contributed by atoms with Gasteiger partial charge in [-0.15, -0.1) is 5.10 Å². The number of Topliss-reactive ketones (excluding diaryl/α,β-unsaturated/α-hetero) is 1. The van der Waals surface area contributed by atoms with Gasteiger partial charge >= 0.3 is 5.69 Å². The molecule has 2 aromatic heterocycles. The minimum atomic E-state index is -0.339. The summed E-state index contributed by atoms with van der Waals surface area (Å²) < 4.78 is 1.58. The highest BCUT2D eigenvalue weighted by molar-refractivity contribution is 8.00. The Morgan fingerprint density at radius 2 is 2.12 bits per heavy atom. The van der Waals surface area contributed by atoms with Crippen LogP contribution in [0.2, 0.25) is 0 Å². The molecule has 7 heteroatoms. The topological polar surface area (TPSA) is 83.5 Å². The molecule has 2 N–H and O–H groups in total. The number of fused-ring (bicyclic) bond motifs is 1. The van der Waals surface area contributed by atoms with Crippen molar-refractivity contribution >= 4 is 28.4 Å². The quantitative estimate of drug-likeness (QED) is 0.531. The minimum Gasteiger partial charge on any atom is -0.358 e. The molecule has 0 unspecified atom stereocenters. The standard InChI is InChI=1S/C17H20N4O2S/c1-4-9-21-16(23)19-20-17(21)24-11(3)15(22)14-10(2)18-13-8-6-5-7-12(13)14/h5-8,11,18H,4,9H2,1-3H3,(H,19,23)/t11-/m1/s1. The number of nitrogens with zero attached hydrogens (tertiary/aromatic N) is 2. The number of aromatic amines is 2. The molecule has 1 atom stereocenters. The van der Waals surface area contributed by atoms with Gasteiger partial charge in [-0.3, -0.25) is 9.36 Å². The first-order valence-electron chi connectivity index (χ1n) is 7.96. The molecule has 0 saturated heterocycles. The number of benzene rings is 1. The molecule has 0 bridgehead atoms. The number of para-hydroxylation sites is 1. The van der Waals surface area contributed by atoms with Crippen molar-refractivity contribution in [3.63, 3.8) is 0 Å². The summed E-state index contributed by atoms with van der Waals surface area (Å²) in [6.07, 6.45) is 0.830. The van der Waals surface area contributed by atoms with Crippen molar-refractivity contribution < 1.29 is 4.79 Å². The van der Waals surface area contributed by atoms with Gasteiger partial charge in [-0.05, 0) is 26.3 Å². The second-order valence-corrected chi connectivity index (χ2v) is 7.07. The van der Waals surface area contributed by atoms with E-state index in [9.17, 15) is 9.59 Å². The number of ketones is 1. The monoisotopic (exact) mass is 344 g/mol. The molecule has 0 aliphatic rings. The second-order valence-electron chi connectivity index (χ2n) is 5.76. The zero-order valence-electron chi connectivity index (χ0n) is 13.9. The van der Waals surface area contributed by atoms with Crippen LogP contribution < -0.4 is 5.69 Å². The molecule has 1 aromatic carbocycles. The number of rotatable bonds is 6. The zero-order chi connectivity index (χ0) is 17.3. The van der Waals surface area contributed by atoms with Crippen LogP contribution in [0.15, 0.2) is 34.2 Å². The SMILES string of the molecule is CCCn1c(S[C@H](C)C(=O)c2c(C)[nH]c3ccccc23)n[nH]c1=O. The Labute approximate surface area is 143 Å². The number of carbonyl (C=O) groups is 1. The van der Waals surface area contributed by atoms with Crippen molar-refractivity contribution in [2.75, 3.05) is 0 Å². The Balaban J connectivity index is 1.90. The molecular weight excluding hydrogens is 324 g/mol. The third-order valence-corrected chi connectivity index (χ3v) is 5.05. The summed E-state index contributed by atoms with van der Waals surface area (Å²) in [6, 6.07) is 7.78. The molecule has 0 spiro atoms. The number of carbonyl (C=O) groups excluding carboxylic acids is 1. The lowest BCUT2D eigenvalue weighted by Crippen LogP contribution is -2.19. The maximum absolute atomic E-state index is 13.0. The van der Waals surface area contributed by atoms with Gasteiger partial charge in [0.25, 0.3) is 0 Å². The molecule has 0 aliphatic carbocycles. The van der Waals surface area contributed by atoms with Crippen LogP contribution in [0.5, 0.6) is 0 Å². The van der Waals surface area contributed by atoms with E-state index >= 15 is 0 Å². The summed E-state index contributed by atoms with van der Waals surface area (Å²) in [5, 5.41) is 7.66. The van der Waals surface area contributed by atoms with Crippen molar-refractivity contribution in [1.82, 2.24) is 19.7 Å². The molecule has 0 amide bonds. The first-order valence-corrected chi connectivity index (χ1v) is 8.84. The van der Waals surface area contributed by atoms with Crippen LogP contribution in [0.1, 0.15) is 36.3 Å². The maximum Gasteiger partial charge on any atom is 0.343 e. The average molecular weight is 344 g/mol. The third-order valence-electron chi connectivity index (χ3n) is 3.96. The molecule has 24 heavy (non-hydrogen) atoms. The smallest absolute Gasteiger partial charge is 0.343 e. The molecule has 3 rings (SSSR count). The third kappa shape index (κ3) is 2.91. The van der Waals surface area contributed by atoms with Gasteiger partial charge in [-0.1, -0.05) is 36.9 Å². The predicted octanol–water partition coefficient (Wildman–Crippen LogP) is 3.13.